The smallest absolute Gasteiger partial charge is 0.217 e. The summed E-state index contributed by atoms with van der Waals surface area (Å²) in [6, 6.07) is 0. The fourth-order valence-electron chi connectivity index (χ4n) is 0.793. The van der Waals surface area contributed by atoms with Gasteiger partial charge in [-0.1, -0.05) is 13.0 Å². The maximum absolute atomic E-state index is 10.4. The lowest BCUT2D eigenvalue weighted by atomic mass is 10.0. The highest BCUT2D eigenvalue weighted by molar-refractivity contribution is 5.74. The van der Waals surface area contributed by atoms with E-state index in [2.05, 4.69) is 0 Å². The van der Waals surface area contributed by atoms with Gasteiger partial charge in [-0.05, 0) is 18.4 Å². The zero-order valence-corrected chi connectivity index (χ0v) is 6.62. The Hall–Kier alpha value is -1.12. The van der Waals surface area contributed by atoms with Gasteiger partial charge in [0.1, 0.15) is 6.29 Å². The summed E-state index contributed by atoms with van der Waals surface area (Å²) in [5.74, 6) is -0.0688. The molecule has 0 saturated carbocycles. The Bertz CT molecular complexity index is 163. The van der Waals surface area contributed by atoms with Gasteiger partial charge in [0.05, 0.1) is 0 Å². The van der Waals surface area contributed by atoms with Crippen molar-refractivity contribution in [1.29, 1.82) is 0 Å². The molecule has 0 heterocycles. The van der Waals surface area contributed by atoms with Crippen molar-refractivity contribution in [2.75, 3.05) is 0 Å². The molecule has 62 valence electrons. The Labute approximate surface area is 66.3 Å². The number of aldehydes is 1. The molecule has 1 amide bonds. The summed E-state index contributed by atoms with van der Waals surface area (Å²) < 4.78 is 0. The van der Waals surface area contributed by atoms with Crippen LogP contribution < -0.4 is 5.73 Å². The Morgan fingerprint density at radius 3 is 2.73 bits per heavy atom. The third-order valence-electron chi connectivity index (χ3n) is 1.30. The first-order valence-corrected chi connectivity index (χ1v) is 3.55. The summed E-state index contributed by atoms with van der Waals surface area (Å²) in [7, 11) is 0. The first-order chi connectivity index (χ1) is 5.16. The number of rotatable bonds is 5. The third-order valence-corrected chi connectivity index (χ3v) is 1.30. The molecule has 3 nitrogen and oxygen atoms in total. The second-order valence-electron chi connectivity index (χ2n) is 2.58. The van der Waals surface area contributed by atoms with Crippen LogP contribution in [0.3, 0.4) is 0 Å². The molecule has 0 aliphatic rings. The molecule has 0 rings (SSSR count). The standard InChI is InChI=1S/C8H13NO2/c1-7(6-8(9)11)4-2-3-5-10/h2-3,5,7H,4,6H2,1H3,(H2,9,11)/b3-2+. The number of hydrogen-bond donors (Lipinski definition) is 1. The van der Waals surface area contributed by atoms with E-state index in [0.29, 0.717) is 6.42 Å². The van der Waals surface area contributed by atoms with Crippen LogP contribution in [0.5, 0.6) is 0 Å². The normalized spacial score (nSPS) is 13.2. The number of amides is 1. The summed E-state index contributed by atoms with van der Waals surface area (Å²) in [6.45, 7) is 1.92. The van der Waals surface area contributed by atoms with E-state index in [4.69, 9.17) is 5.73 Å². The summed E-state index contributed by atoms with van der Waals surface area (Å²) in [6.07, 6.45) is 4.99. The predicted octanol–water partition coefficient (Wildman–Crippen LogP) is 0.643. The van der Waals surface area contributed by atoms with Crippen molar-refractivity contribution >= 4 is 12.2 Å². The zero-order valence-electron chi connectivity index (χ0n) is 6.62. The molecule has 0 aliphatic heterocycles. The second-order valence-corrected chi connectivity index (χ2v) is 2.58. The monoisotopic (exact) mass is 155 g/mol. The van der Waals surface area contributed by atoms with E-state index in [0.717, 1.165) is 12.7 Å². The van der Waals surface area contributed by atoms with E-state index in [-0.39, 0.29) is 11.8 Å². The third kappa shape index (κ3) is 6.77. The molecule has 2 N–H and O–H groups in total. The summed E-state index contributed by atoms with van der Waals surface area (Å²) >= 11 is 0. The van der Waals surface area contributed by atoms with Gasteiger partial charge in [0, 0.05) is 6.42 Å². The lowest BCUT2D eigenvalue weighted by Crippen LogP contribution is -2.14. The number of allylic oxidation sites excluding steroid dienone is 2. The van der Waals surface area contributed by atoms with Crippen LogP contribution in [0.25, 0.3) is 0 Å². The number of nitrogens with two attached hydrogens (primary N) is 1. The van der Waals surface area contributed by atoms with Crippen molar-refractivity contribution in [1.82, 2.24) is 0 Å². The summed E-state index contributed by atoms with van der Waals surface area (Å²) in [5.41, 5.74) is 4.97. The summed E-state index contributed by atoms with van der Waals surface area (Å²) in [5, 5.41) is 0. The Morgan fingerprint density at radius 2 is 2.27 bits per heavy atom. The molecule has 0 aromatic carbocycles. The quantitative estimate of drug-likeness (QED) is 0.468. The van der Waals surface area contributed by atoms with Gasteiger partial charge >= 0.3 is 0 Å². The zero-order chi connectivity index (χ0) is 8.69. The second kappa shape index (κ2) is 5.65. The minimum Gasteiger partial charge on any atom is -0.370 e. The molecule has 3 heteroatoms. The molecule has 1 atom stereocenters. The van der Waals surface area contributed by atoms with Crippen LogP contribution in [0.1, 0.15) is 19.8 Å². The van der Waals surface area contributed by atoms with Crippen LogP contribution in [0, 0.1) is 5.92 Å². The molecular formula is C8H13NO2. The number of carbonyl (C=O) groups is 2. The van der Waals surface area contributed by atoms with Crippen molar-refractivity contribution in [3.8, 4) is 0 Å². The lowest BCUT2D eigenvalue weighted by molar-refractivity contribution is -0.118. The molecule has 0 aromatic heterocycles. The van der Waals surface area contributed by atoms with E-state index >= 15 is 0 Å². The first kappa shape index (κ1) is 9.88. The van der Waals surface area contributed by atoms with Crippen LogP contribution in [0.15, 0.2) is 12.2 Å². The van der Waals surface area contributed by atoms with Crippen LogP contribution in [-0.4, -0.2) is 12.2 Å². The molecule has 0 aliphatic carbocycles. The lowest BCUT2D eigenvalue weighted by Gasteiger charge is -2.03. The van der Waals surface area contributed by atoms with Gasteiger partial charge in [-0.2, -0.15) is 0 Å². The minimum atomic E-state index is -0.294. The molecule has 11 heavy (non-hydrogen) atoms. The van der Waals surface area contributed by atoms with Crippen LogP contribution in [0.2, 0.25) is 0 Å². The van der Waals surface area contributed by atoms with Gasteiger partial charge in [0.25, 0.3) is 0 Å². The predicted molar refractivity (Wildman–Crippen MR) is 42.8 cm³/mol. The number of primary amides is 1. The van der Waals surface area contributed by atoms with Crippen LogP contribution in [0.4, 0.5) is 0 Å². The van der Waals surface area contributed by atoms with E-state index in [1.807, 2.05) is 6.92 Å². The van der Waals surface area contributed by atoms with Crippen molar-refractivity contribution in [2.45, 2.75) is 19.8 Å². The molecular weight excluding hydrogens is 142 g/mol. The van der Waals surface area contributed by atoms with Crippen molar-refractivity contribution in [3.63, 3.8) is 0 Å². The van der Waals surface area contributed by atoms with Gasteiger partial charge in [-0.3, -0.25) is 9.59 Å². The fourth-order valence-corrected chi connectivity index (χ4v) is 0.793. The van der Waals surface area contributed by atoms with Crippen LogP contribution >= 0.6 is 0 Å². The molecule has 1 unspecified atom stereocenters. The van der Waals surface area contributed by atoms with Gasteiger partial charge in [0.15, 0.2) is 0 Å². The molecule has 0 saturated heterocycles. The molecule has 0 bridgehead atoms. The highest BCUT2D eigenvalue weighted by Gasteiger charge is 2.02. The maximum Gasteiger partial charge on any atom is 0.217 e. The van der Waals surface area contributed by atoms with Crippen molar-refractivity contribution in [3.05, 3.63) is 12.2 Å². The van der Waals surface area contributed by atoms with Gasteiger partial charge < -0.3 is 5.73 Å². The Kier molecular flexibility index (Phi) is 5.07. The topological polar surface area (TPSA) is 60.2 Å². The van der Waals surface area contributed by atoms with E-state index in [9.17, 15) is 9.59 Å². The Morgan fingerprint density at radius 1 is 1.64 bits per heavy atom. The molecule has 0 radical (unpaired) electrons. The van der Waals surface area contributed by atoms with Crippen molar-refractivity contribution < 1.29 is 9.59 Å². The van der Waals surface area contributed by atoms with E-state index < -0.39 is 0 Å². The molecule has 0 aromatic rings. The Balaban J connectivity index is 3.51. The van der Waals surface area contributed by atoms with Crippen LogP contribution in [-0.2, 0) is 9.59 Å². The van der Waals surface area contributed by atoms with Crippen molar-refractivity contribution in [2.24, 2.45) is 11.7 Å². The average Bonchev–Trinajstić information content (AvgIpc) is 1.86. The van der Waals surface area contributed by atoms with Gasteiger partial charge in [-0.15, -0.1) is 0 Å². The minimum absolute atomic E-state index is 0.226. The molecule has 0 spiro atoms. The van der Waals surface area contributed by atoms with Gasteiger partial charge in [-0.25, -0.2) is 0 Å². The fraction of sp³-hybridized carbons (Fsp3) is 0.500. The maximum atomic E-state index is 10.4. The first-order valence-electron chi connectivity index (χ1n) is 3.55. The average molecular weight is 155 g/mol. The SMILES string of the molecule is CC(C/C=C/C=O)CC(N)=O. The largest absolute Gasteiger partial charge is 0.370 e. The number of hydrogen-bond acceptors (Lipinski definition) is 2. The number of carbonyl (C=O) groups excluding carboxylic acids is 2. The van der Waals surface area contributed by atoms with Gasteiger partial charge in [0.2, 0.25) is 5.91 Å². The van der Waals surface area contributed by atoms with E-state index in [1.54, 1.807) is 6.08 Å². The van der Waals surface area contributed by atoms with E-state index in [1.165, 1.54) is 6.08 Å². The highest BCUT2D eigenvalue weighted by Crippen LogP contribution is 2.06. The molecule has 0 fully saturated rings. The highest BCUT2D eigenvalue weighted by atomic mass is 16.1. The summed E-state index contributed by atoms with van der Waals surface area (Å²) in [4.78, 5) is 20.2.